The fraction of sp³-hybridized carbons (Fsp3) is 0.0800. The van der Waals surface area contributed by atoms with E-state index >= 15 is 0 Å². The number of hydrazone groups is 1. The standard InChI is InChI=1S/C25H22N4O2/c1-17(18-8-10-20(11-9-18)19-6-4-3-5-7-19)26-29-25(30)24-16-23(27-28-24)21-12-14-22(31-2)15-13-21/h3-16H,1-2H3,(H,27,28)(H,29,30). The maximum Gasteiger partial charge on any atom is 0.289 e. The Balaban J connectivity index is 1.42. The molecule has 0 atom stereocenters. The van der Waals surface area contributed by atoms with E-state index in [1.165, 1.54) is 0 Å². The lowest BCUT2D eigenvalue weighted by molar-refractivity contribution is 0.0950. The third kappa shape index (κ3) is 4.70. The molecule has 31 heavy (non-hydrogen) atoms. The number of H-pyrrole nitrogens is 1. The van der Waals surface area contributed by atoms with Gasteiger partial charge in [-0.25, -0.2) is 5.43 Å². The Hall–Kier alpha value is -4.19. The molecule has 0 aliphatic carbocycles. The first-order valence-electron chi connectivity index (χ1n) is 9.84. The highest BCUT2D eigenvalue weighted by atomic mass is 16.5. The van der Waals surface area contributed by atoms with Gasteiger partial charge in [-0.05, 0) is 53.9 Å². The summed E-state index contributed by atoms with van der Waals surface area (Å²) in [6, 6.07) is 27.4. The van der Waals surface area contributed by atoms with Crippen LogP contribution in [0.15, 0.2) is 90.0 Å². The predicted molar refractivity (Wildman–Crippen MR) is 122 cm³/mol. The van der Waals surface area contributed by atoms with Crippen LogP contribution in [0.25, 0.3) is 22.4 Å². The first-order valence-corrected chi connectivity index (χ1v) is 9.84. The number of amides is 1. The van der Waals surface area contributed by atoms with Crippen molar-refractivity contribution in [2.45, 2.75) is 6.92 Å². The van der Waals surface area contributed by atoms with Crippen LogP contribution in [0.3, 0.4) is 0 Å². The molecule has 6 nitrogen and oxygen atoms in total. The van der Waals surface area contributed by atoms with Gasteiger partial charge in [0.2, 0.25) is 0 Å². The molecule has 0 radical (unpaired) electrons. The van der Waals surface area contributed by atoms with Crippen LogP contribution in [0.2, 0.25) is 0 Å². The zero-order chi connectivity index (χ0) is 21.6. The lowest BCUT2D eigenvalue weighted by atomic mass is 10.0. The number of aromatic amines is 1. The average Bonchev–Trinajstić information content (AvgIpc) is 3.33. The van der Waals surface area contributed by atoms with Crippen LogP contribution in [0.4, 0.5) is 0 Å². The predicted octanol–water partition coefficient (Wildman–Crippen LogP) is 4.91. The van der Waals surface area contributed by atoms with Gasteiger partial charge >= 0.3 is 0 Å². The fourth-order valence-electron chi connectivity index (χ4n) is 3.14. The number of hydrogen-bond acceptors (Lipinski definition) is 4. The van der Waals surface area contributed by atoms with E-state index in [1.54, 1.807) is 13.2 Å². The minimum atomic E-state index is -0.354. The summed E-state index contributed by atoms with van der Waals surface area (Å²) in [6.07, 6.45) is 0. The van der Waals surface area contributed by atoms with Gasteiger partial charge in [0.05, 0.1) is 18.5 Å². The Bertz CT molecular complexity index is 1190. The molecular formula is C25H22N4O2. The van der Waals surface area contributed by atoms with Crippen LogP contribution < -0.4 is 10.2 Å². The van der Waals surface area contributed by atoms with Crippen LogP contribution in [0.5, 0.6) is 5.75 Å². The van der Waals surface area contributed by atoms with Crippen molar-refractivity contribution < 1.29 is 9.53 Å². The van der Waals surface area contributed by atoms with Crippen molar-refractivity contribution in [3.8, 4) is 28.1 Å². The van der Waals surface area contributed by atoms with Crippen molar-refractivity contribution >= 4 is 11.6 Å². The van der Waals surface area contributed by atoms with Gasteiger partial charge in [0.1, 0.15) is 11.4 Å². The summed E-state index contributed by atoms with van der Waals surface area (Å²) < 4.78 is 5.16. The Kier molecular flexibility index (Phi) is 5.89. The molecule has 3 aromatic carbocycles. The topological polar surface area (TPSA) is 79.4 Å². The highest BCUT2D eigenvalue weighted by Crippen LogP contribution is 2.21. The number of methoxy groups -OCH3 is 1. The van der Waals surface area contributed by atoms with Crippen LogP contribution in [-0.4, -0.2) is 28.9 Å². The smallest absolute Gasteiger partial charge is 0.289 e. The van der Waals surface area contributed by atoms with Gasteiger partial charge in [-0.3, -0.25) is 9.89 Å². The molecule has 0 saturated carbocycles. The monoisotopic (exact) mass is 410 g/mol. The van der Waals surface area contributed by atoms with E-state index < -0.39 is 0 Å². The van der Waals surface area contributed by atoms with Gasteiger partial charge < -0.3 is 4.74 Å². The Labute approximate surface area is 180 Å². The molecule has 1 amide bonds. The number of nitrogens with zero attached hydrogens (tertiary/aromatic N) is 2. The molecule has 154 valence electrons. The van der Waals surface area contributed by atoms with Gasteiger partial charge in [-0.2, -0.15) is 10.2 Å². The van der Waals surface area contributed by atoms with E-state index in [0.717, 1.165) is 28.0 Å². The summed E-state index contributed by atoms with van der Waals surface area (Å²) in [6.45, 7) is 1.85. The molecule has 0 saturated heterocycles. The number of aromatic nitrogens is 2. The Morgan fingerprint density at radius 1 is 0.903 bits per heavy atom. The number of nitrogens with one attached hydrogen (secondary N) is 2. The van der Waals surface area contributed by atoms with Gasteiger partial charge in [-0.15, -0.1) is 0 Å². The second-order valence-corrected chi connectivity index (χ2v) is 6.98. The summed E-state index contributed by atoms with van der Waals surface area (Å²) >= 11 is 0. The quantitative estimate of drug-likeness (QED) is 0.350. The van der Waals surface area contributed by atoms with Gasteiger partial charge in [0, 0.05) is 5.56 Å². The second kappa shape index (κ2) is 9.09. The minimum Gasteiger partial charge on any atom is -0.497 e. The van der Waals surface area contributed by atoms with E-state index in [-0.39, 0.29) is 5.91 Å². The van der Waals surface area contributed by atoms with Gasteiger partial charge in [-0.1, -0.05) is 54.6 Å². The number of rotatable bonds is 6. The summed E-state index contributed by atoms with van der Waals surface area (Å²) in [4.78, 5) is 12.5. The van der Waals surface area contributed by atoms with Crippen molar-refractivity contribution in [3.63, 3.8) is 0 Å². The highest BCUT2D eigenvalue weighted by Gasteiger charge is 2.11. The molecule has 1 heterocycles. The third-order valence-electron chi connectivity index (χ3n) is 4.94. The van der Waals surface area contributed by atoms with Crippen molar-refractivity contribution in [1.29, 1.82) is 0 Å². The maximum atomic E-state index is 12.5. The summed E-state index contributed by atoms with van der Waals surface area (Å²) in [5, 5.41) is 11.2. The first kappa shape index (κ1) is 20.1. The molecule has 0 bridgehead atoms. The molecule has 0 aliphatic heterocycles. The normalized spacial score (nSPS) is 11.2. The Morgan fingerprint density at radius 2 is 1.55 bits per heavy atom. The minimum absolute atomic E-state index is 0.335. The molecule has 2 N–H and O–H groups in total. The van der Waals surface area contributed by atoms with Crippen LogP contribution in [-0.2, 0) is 0 Å². The average molecular weight is 410 g/mol. The van der Waals surface area contributed by atoms with E-state index in [9.17, 15) is 4.79 Å². The van der Waals surface area contributed by atoms with Crippen LogP contribution in [0.1, 0.15) is 23.0 Å². The van der Waals surface area contributed by atoms with Crippen LogP contribution in [0, 0.1) is 0 Å². The second-order valence-electron chi connectivity index (χ2n) is 6.98. The van der Waals surface area contributed by atoms with Crippen molar-refractivity contribution in [1.82, 2.24) is 15.6 Å². The van der Waals surface area contributed by atoms with Gasteiger partial charge in [0.15, 0.2) is 0 Å². The third-order valence-corrected chi connectivity index (χ3v) is 4.94. The number of hydrogen-bond donors (Lipinski definition) is 2. The fourth-order valence-corrected chi connectivity index (χ4v) is 3.14. The largest absolute Gasteiger partial charge is 0.497 e. The van der Waals surface area contributed by atoms with Crippen molar-refractivity contribution in [2.75, 3.05) is 7.11 Å². The Morgan fingerprint density at radius 3 is 2.23 bits per heavy atom. The van der Waals surface area contributed by atoms with Crippen molar-refractivity contribution in [2.24, 2.45) is 5.10 Å². The van der Waals surface area contributed by atoms with E-state index in [4.69, 9.17) is 4.74 Å². The van der Waals surface area contributed by atoms with Gasteiger partial charge in [0.25, 0.3) is 5.91 Å². The maximum absolute atomic E-state index is 12.5. The van der Waals surface area contributed by atoms with E-state index in [1.807, 2.05) is 73.7 Å². The first-order chi connectivity index (χ1) is 15.1. The summed E-state index contributed by atoms with van der Waals surface area (Å²) in [5.74, 6) is 0.409. The lowest BCUT2D eigenvalue weighted by Crippen LogP contribution is -2.19. The number of carbonyl (C=O) groups excluding carboxylic acids is 1. The summed E-state index contributed by atoms with van der Waals surface area (Å²) in [5.41, 5.74) is 8.40. The lowest BCUT2D eigenvalue weighted by Gasteiger charge is -2.05. The van der Waals surface area contributed by atoms with E-state index in [0.29, 0.717) is 17.1 Å². The number of carbonyl (C=O) groups is 1. The highest BCUT2D eigenvalue weighted by molar-refractivity contribution is 6.01. The molecule has 0 fully saturated rings. The SMILES string of the molecule is COc1ccc(-c2cc(C(=O)NN=C(C)c3ccc(-c4ccccc4)cc3)[nH]n2)cc1. The molecule has 1 aromatic heterocycles. The molecule has 0 spiro atoms. The molecular weight excluding hydrogens is 388 g/mol. The zero-order valence-electron chi connectivity index (χ0n) is 17.3. The molecule has 6 heteroatoms. The van der Waals surface area contributed by atoms with Crippen molar-refractivity contribution in [3.05, 3.63) is 96.2 Å². The van der Waals surface area contributed by atoms with Crippen LogP contribution >= 0.6 is 0 Å². The van der Waals surface area contributed by atoms with E-state index in [2.05, 4.69) is 32.9 Å². The number of benzene rings is 3. The zero-order valence-corrected chi connectivity index (χ0v) is 17.3. The molecule has 0 unspecified atom stereocenters. The molecule has 4 rings (SSSR count). The molecule has 4 aromatic rings. The molecule has 0 aliphatic rings. The number of ether oxygens (including phenoxy) is 1. The summed E-state index contributed by atoms with van der Waals surface area (Å²) in [7, 11) is 1.62.